The van der Waals surface area contributed by atoms with Crippen molar-refractivity contribution in [1.29, 1.82) is 0 Å². The molecule has 0 spiro atoms. The zero-order chi connectivity index (χ0) is 17.4. The fourth-order valence-electron chi connectivity index (χ4n) is 3.03. The maximum atomic E-state index is 4.47. The lowest BCUT2D eigenvalue weighted by Crippen LogP contribution is -2.38. The van der Waals surface area contributed by atoms with Gasteiger partial charge in [-0.05, 0) is 26.8 Å². The van der Waals surface area contributed by atoms with Crippen LogP contribution in [0.25, 0.3) is 5.95 Å². The highest BCUT2D eigenvalue weighted by molar-refractivity contribution is 5.78. The van der Waals surface area contributed by atoms with Gasteiger partial charge in [-0.3, -0.25) is 0 Å². The minimum absolute atomic E-state index is 0.239. The van der Waals surface area contributed by atoms with E-state index in [2.05, 4.69) is 61.5 Å². The largest absolute Gasteiger partial charge is 0.362 e. The fraction of sp³-hybridized carbons (Fsp3) is 0.312. The average Bonchev–Trinajstić information content (AvgIpc) is 3.21. The standard InChI is InChI=1S/C16H19N9/c1-10(2)24-11(3)21-12-9-18-15(8-13(12)24)22-14-4-5-17-16(23-14)25-19-6-7-20-25/h4-11,21H,1-3H3,(H,17,18,22,23). The minimum atomic E-state index is 0.239. The van der Waals surface area contributed by atoms with Crippen molar-refractivity contribution >= 4 is 23.0 Å². The first-order valence-corrected chi connectivity index (χ1v) is 8.13. The maximum absolute atomic E-state index is 4.47. The normalized spacial score (nSPS) is 16.0. The molecule has 0 bridgehead atoms. The van der Waals surface area contributed by atoms with Crippen LogP contribution < -0.4 is 15.5 Å². The Morgan fingerprint density at radius 1 is 1.12 bits per heavy atom. The smallest absolute Gasteiger partial charge is 0.270 e. The van der Waals surface area contributed by atoms with E-state index in [1.54, 1.807) is 24.7 Å². The van der Waals surface area contributed by atoms with Crippen molar-refractivity contribution in [2.75, 3.05) is 15.5 Å². The molecule has 0 fully saturated rings. The van der Waals surface area contributed by atoms with Gasteiger partial charge >= 0.3 is 0 Å². The third-order valence-corrected chi connectivity index (χ3v) is 3.99. The number of rotatable bonds is 4. The van der Waals surface area contributed by atoms with Crippen LogP contribution in [-0.2, 0) is 0 Å². The van der Waals surface area contributed by atoms with E-state index < -0.39 is 0 Å². The summed E-state index contributed by atoms with van der Waals surface area (Å²) in [6.45, 7) is 6.49. The summed E-state index contributed by atoms with van der Waals surface area (Å²) >= 11 is 0. The van der Waals surface area contributed by atoms with Crippen molar-refractivity contribution in [3.05, 3.63) is 36.9 Å². The molecule has 25 heavy (non-hydrogen) atoms. The van der Waals surface area contributed by atoms with Crippen LogP contribution in [-0.4, -0.2) is 42.2 Å². The Morgan fingerprint density at radius 3 is 2.68 bits per heavy atom. The van der Waals surface area contributed by atoms with Gasteiger partial charge in [0.2, 0.25) is 0 Å². The van der Waals surface area contributed by atoms with Gasteiger partial charge in [-0.15, -0.1) is 4.80 Å². The minimum Gasteiger partial charge on any atom is -0.362 e. The van der Waals surface area contributed by atoms with E-state index in [9.17, 15) is 0 Å². The molecule has 0 saturated heterocycles. The van der Waals surface area contributed by atoms with Gasteiger partial charge in [0.1, 0.15) is 11.6 Å². The van der Waals surface area contributed by atoms with E-state index in [0.717, 1.165) is 17.2 Å². The summed E-state index contributed by atoms with van der Waals surface area (Å²) in [5.74, 6) is 1.75. The fourth-order valence-corrected chi connectivity index (χ4v) is 3.03. The first kappa shape index (κ1) is 15.3. The molecule has 0 aliphatic carbocycles. The molecule has 3 aromatic heterocycles. The SMILES string of the molecule is CC(C)N1c2cc(Nc3ccnc(-n4nccn4)n3)ncc2NC1C. The molecular formula is C16H19N9. The van der Waals surface area contributed by atoms with Gasteiger partial charge in [-0.2, -0.15) is 15.2 Å². The highest BCUT2D eigenvalue weighted by atomic mass is 15.5. The summed E-state index contributed by atoms with van der Waals surface area (Å²) in [7, 11) is 0. The van der Waals surface area contributed by atoms with Crippen LogP contribution in [0.15, 0.2) is 36.9 Å². The molecule has 3 aromatic rings. The predicted octanol–water partition coefficient (Wildman–Crippen LogP) is 2.18. The Kier molecular flexibility index (Phi) is 3.68. The van der Waals surface area contributed by atoms with Crippen molar-refractivity contribution < 1.29 is 0 Å². The summed E-state index contributed by atoms with van der Waals surface area (Å²) in [4.78, 5) is 16.8. The van der Waals surface area contributed by atoms with Gasteiger partial charge in [0.05, 0.1) is 36.1 Å². The second-order valence-corrected chi connectivity index (χ2v) is 6.09. The highest BCUT2D eigenvalue weighted by Crippen LogP contribution is 2.37. The van der Waals surface area contributed by atoms with Gasteiger partial charge in [0.15, 0.2) is 0 Å². The molecule has 4 rings (SSSR count). The van der Waals surface area contributed by atoms with E-state index in [1.165, 1.54) is 4.80 Å². The van der Waals surface area contributed by atoms with Crippen LogP contribution in [0.1, 0.15) is 20.8 Å². The predicted molar refractivity (Wildman–Crippen MR) is 95.2 cm³/mol. The van der Waals surface area contributed by atoms with Crippen molar-refractivity contribution in [2.24, 2.45) is 0 Å². The second-order valence-electron chi connectivity index (χ2n) is 6.09. The highest BCUT2D eigenvalue weighted by Gasteiger charge is 2.27. The number of fused-ring (bicyclic) bond motifs is 1. The Labute approximate surface area is 145 Å². The van der Waals surface area contributed by atoms with Crippen molar-refractivity contribution in [3.63, 3.8) is 0 Å². The first-order valence-electron chi connectivity index (χ1n) is 8.13. The topological polar surface area (TPSA) is 96.7 Å². The van der Waals surface area contributed by atoms with Crippen LogP contribution in [0, 0.1) is 0 Å². The lowest BCUT2D eigenvalue weighted by molar-refractivity contribution is 0.638. The first-order chi connectivity index (χ1) is 12.1. The van der Waals surface area contributed by atoms with E-state index in [0.29, 0.717) is 17.8 Å². The van der Waals surface area contributed by atoms with E-state index in [1.807, 2.05) is 12.3 Å². The molecule has 4 heterocycles. The summed E-state index contributed by atoms with van der Waals surface area (Å²) < 4.78 is 0. The molecule has 128 valence electrons. The van der Waals surface area contributed by atoms with Gasteiger partial charge < -0.3 is 15.5 Å². The molecule has 0 radical (unpaired) electrons. The van der Waals surface area contributed by atoms with Gasteiger partial charge in [0, 0.05) is 18.3 Å². The van der Waals surface area contributed by atoms with Crippen molar-refractivity contribution in [3.8, 4) is 5.95 Å². The molecule has 0 amide bonds. The number of hydrogen-bond donors (Lipinski definition) is 2. The van der Waals surface area contributed by atoms with Crippen molar-refractivity contribution in [2.45, 2.75) is 33.0 Å². The Morgan fingerprint density at radius 2 is 1.92 bits per heavy atom. The number of hydrogen-bond acceptors (Lipinski definition) is 8. The van der Waals surface area contributed by atoms with Crippen LogP contribution >= 0.6 is 0 Å². The van der Waals surface area contributed by atoms with Crippen molar-refractivity contribution in [1.82, 2.24) is 29.9 Å². The lowest BCUT2D eigenvalue weighted by Gasteiger charge is -2.28. The van der Waals surface area contributed by atoms with E-state index in [-0.39, 0.29) is 6.17 Å². The van der Waals surface area contributed by atoms with Gasteiger partial charge in [0.25, 0.3) is 5.95 Å². The Bertz CT molecular complexity index is 875. The van der Waals surface area contributed by atoms with E-state index >= 15 is 0 Å². The molecule has 9 nitrogen and oxygen atoms in total. The van der Waals surface area contributed by atoms with Crippen LogP contribution in [0.3, 0.4) is 0 Å². The van der Waals surface area contributed by atoms with Crippen LogP contribution in [0.5, 0.6) is 0 Å². The lowest BCUT2D eigenvalue weighted by atomic mass is 10.2. The molecule has 1 unspecified atom stereocenters. The number of nitrogens with zero attached hydrogens (tertiary/aromatic N) is 7. The maximum Gasteiger partial charge on any atom is 0.270 e. The zero-order valence-corrected chi connectivity index (χ0v) is 14.2. The molecule has 1 aliphatic rings. The summed E-state index contributed by atoms with van der Waals surface area (Å²) in [5.41, 5.74) is 2.17. The zero-order valence-electron chi connectivity index (χ0n) is 14.2. The monoisotopic (exact) mass is 337 g/mol. The van der Waals surface area contributed by atoms with Crippen LogP contribution in [0.4, 0.5) is 23.0 Å². The quantitative estimate of drug-likeness (QED) is 0.748. The molecular weight excluding hydrogens is 318 g/mol. The Hall–Kier alpha value is -3.23. The molecule has 9 heteroatoms. The molecule has 1 aliphatic heterocycles. The second kappa shape index (κ2) is 6.00. The summed E-state index contributed by atoms with van der Waals surface area (Å²) in [6, 6.07) is 4.19. The van der Waals surface area contributed by atoms with Gasteiger partial charge in [-0.1, -0.05) is 0 Å². The molecule has 0 saturated carbocycles. The Balaban J connectivity index is 1.61. The third-order valence-electron chi connectivity index (χ3n) is 3.99. The summed E-state index contributed by atoms with van der Waals surface area (Å²) in [6.07, 6.45) is 6.91. The van der Waals surface area contributed by atoms with E-state index in [4.69, 9.17) is 0 Å². The van der Waals surface area contributed by atoms with Gasteiger partial charge in [-0.25, -0.2) is 9.97 Å². The number of aromatic nitrogens is 6. The summed E-state index contributed by atoms with van der Waals surface area (Å²) in [5, 5.41) is 14.7. The molecule has 0 aromatic carbocycles. The number of nitrogens with one attached hydrogen (secondary N) is 2. The third kappa shape index (κ3) is 2.84. The molecule has 1 atom stereocenters. The van der Waals surface area contributed by atoms with Crippen LogP contribution in [0.2, 0.25) is 0 Å². The number of pyridine rings is 1. The average molecular weight is 337 g/mol. The molecule has 2 N–H and O–H groups in total. The number of anilines is 4.